The van der Waals surface area contributed by atoms with Gasteiger partial charge in [-0.05, 0) is 32.1 Å². The molecule has 0 saturated heterocycles. The lowest BCUT2D eigenvalue weighted by atomic mass is 10.0. The van der Waals surface area contributed by atoms with Crippen LogP contribution in [0.25, 0.3) is 0 Å². The first-order chi connectivity index (χ1) is 15.8. The van der Waals surface area contributed by atoms with E-state index in [0.717, 1.165) is 0 Å². The Morgan fingerprint density at radius 1 is 0.531 bits per heavy atom. The summed E-state index contributed by atoms with van der Waals surface area (Å²) in [6.45, 7) is 9.32. The summed E-state index contributed by atoms with van der Waals surface area (Å²) < 4.78 is 5.06. The molecule has 0 radical (unpaired) electrons. The molecule has 0 aliphatic carbocycles. The van der Waals surface area contributed by atoms with Gasteiger partial charge in [0.15, 0.2) is 0 Å². The number of hydrogen-bond donors (Lipinski definition) is 0. The van der Waals surface area contributed by atoms with Crippen molar-refractivity contribution in [3.63, 3.8) is 0 Å². The van der Waals surface area contributed by atoms with Crippen molar-refractivity contribution in [1.29, 1.82) is 0 Å². The molecule has 0 aliphatic heterocycles. The molecule has 0 aromatic carbocycles. The molecule has 1 rings (SSSR count). The third kappa shape index (κ3) is 15.1. The molecule has 0 unspecified atom stereocenters. The van der Waals surface area contributed by atoms with Crippen molar-refractivity contribution in [3.8, 4) is 0 Å². The van der Waals surface area contributed by atoms with Crippen LogP contribution >= 0.6 is 0 Å². The molecule has 1 aromatic heterocycles. The van der Waals surface area contributed by atoms with Crippen LogP contribution in [0.3, 0.4) is 0 Å². The SMILES string of the molecule is CCCCCCCCCCCCCCCCCCCn1cc[n+](CCCCC)c1CCC. The summed E-state index contributed by atoms with van der Waals surface area (Å²) in [6, 6.07) is 0. The second kappa shape index (κ2) is 22.0. The normalized spacial score (nSPS) is 11.5. The summed E-state index contributed by atoms with van der Waals surface area (Å²) in [5.74, 6) is 1.56. The van der Waals surface area contributed by atoms with E-state index in [1.807, 2.05) is 0 Å². The van der Waals surface area contributed by atoms with Gasteiger partial charge >= 0.3 is 0 Å². The van der Waals surface area contributed by atoms with Crippen molar-refractivity contribution in [2.45, 2.75) is 175 Å². The highest BCUT2D eigenvalue weighted by Gasteiger charge is 2.15. The molecule has 188 valence electrons. The fourth-order valence-electron chi connectivity index (χ4n) is 4.96. The second-order valence-electron chi connectivity index (χ2n) is 10.2. The summed E-state index contributed by atoms with van der Waals surface area (Å²) in [4.78, 5) is 0. The van der Waals surface area contributed by atoms with E-state index in [-0.39, 0.29) is 0 Å². The zero-order chi connectivity index (χ0) is 23.1. The summed E-state index contributed by atoms with van der Waals surface area (Å²) in [7, 11) is 0. The molecule has 0 saturated carbocycles. The summed E-state index contributed by atoms with van der Waals surface area (Å²) in [5, 5.41) is 0. The van der Waals surface area contributed by atoms with E-state index < -0.39 is 0 Å². The predicted octanol–water partition coefficient (Wildman–Crippen LogP) is 9.57. The smallest absolute Gasteiger partial charge is 0.234 e. The quantitative estimate of drug-likeness (QED) is 0.110. The molecule has 0 N–H and O–H groups in total. The molecule has 0 atom stereocenters. The molecule has 1 aromatic rings. The van der Waals surface area contributed by atoms with Gasteiger partial charge in [-0.1, -0.05) is 124 Å². The highest BCUT2D eigenvalue weighted by Crippen LogP contribution is 2.14. The Balaban J connectivity index is 1.94. The van der Waals surface area contributed by atoms with E-state index in [9.17, 15) is 0 Å². The maximum atomic E-state index is 2.54. The summed E-state index contributed by atoms with van der Waals surface area (Å²) in [6.07, 6.45) is 35.7. The van der Waals surface area contributed by atoms with E-state index in [1.165, 1.54) is 154 Å². The first-order valence-electron chi connectivity index (χ1n) is 14.9. The lowest BCUT2D eigenvalue weighted by Crippen LogP contribution is -2.37. The first kappa shape index (κ1) is 29.2. The first-order valence-corrected chi connectivity index (χ1v) is 14.9. The van der Waals surface area contributed by atoms with Crippen LogP contribution in [0.15, 0.2) is 12.4 Å². The van der Waals surface area contributed by atoms with Gasteiger partial charge in [0.05, 0.1) is 13.1 Å². The van der Waals surface area contributed by atoms with Crippen molar-refractivity contribution in [3.05, 3.63) is 18.2 Å². The van der Waals surface area contributed by atoms with E-state index >= 15 is 0 Å². The van der Waals surface area contributed by atoms with E-state index in [1.54, 1.807) is 5.82 Å². The average Bonchev–Trinajstić information content (AvgIpc) is 3.18. The predicted molar refractivity (Wildman–Crippen MR) is 142 cm³/mol. The van der Waals surface area contributed by atoms with Gasteiger partial charge in [-0.3, -0.25) is 0 Å². The van der Waals surface area contributed by atoms with Crippen molar-refractivity contribution >= 4 is 0 Å². The monoisotopic (exact) mass is 447 g/mol. The molecule has 0 bridgehead atoms. The average molecular weight is 448 g/mol. The van der Waals surface area contributed by atoms with E-state index in [4.69, 9.17) is 0 Å². The standard InChI is InChI=1S/C30H59N2/c1-4-7-9-10-11-12-13-14-15-16-17-18-19-20-21-22-24-27-32-29-28-31(26-23-8-5-2)30(32)25-6-3/h28-29H,4-27H2,1-3H3/q+1. The highest BCUT2D eigenvalue weighted by molar-refractivity contribution is 4.84. The van der Waals surface area contributed by atoms with Gasteiger partial charge in [0.2, 0.25) is 0 Å². The Kier molecular flexibility index (Phi) is 20.1. The molecule has 0 aliphatic rings. The van der Waals surface area contributed by atoms with Gasteiger partial charge in [0.25, 0.3) is 5.82 Å². The molecule has 0 amide bonds. The molecule has 2 nitrogen and oxygen atoms in total. The van der Waals surface area contributed by atoms with Gasteiger partial charge < -0.3 is 0 Å². The molecular weight excluding hydrogens is 388 g/mol. The zero-order valence-corrected chi connectivity index (χ0v) is 22.5. The zero-order valence-electron chi connectivity index (χ0n) is 22.5. The largest absolute Gasteiger partial charge is 0.256 e. The lowest BCUT2D eigenvalue weighted by Gasteiger charge is -2.05. The molecular formula is C30H59N2+. The number of unbranched alkanes of at least 4 members (excludes halogenated alkanes) is 18. The minimum Gasteiger partial charge on any atom is -0.234 e. The topological polar surface area (TPSA) is 8.81 Å². The summed E-state index contributed by atoms with van der Waals surface area (Å²) >= 11 is 0. The van der Waals surface area contributed by atoms with Gasteiger partial charge in [-0.15, -0.1) is 0 Å². The number of aryl methyl sites for hydroxylation is 2. The van der Waals surface area contributed by atoms with Gasteiger partial charge in [0, 0.05) is 6.42 Å². The fraction of sp³-hybridized carbons (Fsp3) is 0.900. The molecule has 1 heterocycles. The van der Waals surface area contributed by atoms with Gasteiger partial charge in [0.1, 0.15) is 12.4 Å². The maximum absolute atomic E-state index is 2.54. The van der Waals surface area contributed by atoms with E-state index in [2.05, 4.69) is 42.3 Å². The number of aromatic nitrogens is 2. The Morgan fingerprint density at radius 2 is 0.969 bits per heavy atom. The fourth-order valence-corrected chi connectivity index (χ4v) is 4.96. The van der Waals surface area contributed by atoms with Crippen molar-refractivity contribution in [2.75, 3.05) is 0 Å². The molecule has 2 heteroatoms. The van der Waals surface area contributed by atoms with Crippen LogP contribution in [-0.2, 0) is 19.5 Å². The number of hydrogen-bond acceptors (Lipinski definition) is 0. The highest BCUT2D eigenvalue weighted by atomic mass is 15.1. The van der Waals surface area contributed by atoms with E-state index in [0.29, 0.717) is 0 Å². The van der Waals surface area contributed by atoms with Crippen LogP contribution in [-0.4, -0.2) is 4.57 Å². The molecule has 0 fully saturated rings. The summed E-state index contributed by atoms with van der Waals surface area (Å²) in [5.41, 5.74) is 0. The Labute approximate surface area is 202 Å². The second-order valence-corrected chi connectivity index (χ2v) is 10.2. The van der Waals surface area contributed by atoms with Crippen molar-refractivity contribution < 1.29 is 4.57 Å². The van der Waals surface area contributed by atoms with Crippen molar-refractivity contribution in [2.24, 2.45) is 0 Å². The minimum absolute atomic E-state index is 1.20. The molecule has 32 heavy (non-hydrogen) atoms. The molecule has 0 spiro atoms. The number of nitrogens with zero attached hydrogens (tertiary/aromatic N) is 2. The Bertz CT molecular complexity index is 505. The van der Waals surface area contributed by atoms with Gasteiger partial charge in [-0.25, -0.2) is 9.13 Å². The number of imidazole rings is 1. The third-order valence-electron chi connectivity index (χ3n) is 7.07. The lowest BCUT2D eigenvalue weighted by molar-refractivity contribution is -0.704. The Morgan fingerprint density at radius 3 is 1.44 bits per heavy atom. The van der Waals surface area contributed by atoms with Gasteiger partial charge in [-0.2, -0.15) is 0 Å². The van der Waals surface area contributed by atoms with Crippen LogP contribution in [0.2, 0.25) is 0 Å². The van der Waals surface area contributed by atoms with Crippen LogP contribution in [0, 0.1) is 0 Å². The third-order valence-corrected chi connectivity index (χ3v) is 7.07. The number of rotatable bonds is 24. The van der Waals surface area contributed by atoms with Crippen LogP contribution in [0.5, 0.6) is 0 Å². The maximum Gasteiger partial charge on any atom is 0.256 e. The van der Waals surface area contributed by atoms with Crippen LogP contribution < -0.4 is 4.57 Å². The van der Waals surface area contributed by atoms with Crippen molar-refractivity contribution in [1.82, 2.24) is 4.57 Å². The Hall–Kier alpha value is -0.790. The van der Waals surface area contributed by atoms with Crippen LogP contribution in [0.1, 0.15) is 161 Å². The van der Waals surface area contributed by atoms with Crippen LogP contribution in [0.4, 0.5) is 0 Å². The minimum atomic E-state index is 1.20.